The largest absolute Gasteiger partial charge is 0.455 e. The second-order valence-corrected chi connectivity index (χ2v) is 10.5. The van der Waals surface area contributed by atoms with Crippen molar-refractivity contribution in [3.8, 4) is 0 Å². The van der Waals surface area contributed by atoms with Crippen LogP contribution >= 0.6 is 23.2 Å². The lowest BCUT2D eigenvalue weighted by atomic mass is 9.98. The summed E-state index contributed by atoms with van der Waals surface area (Å²) in [4.78, 5) is 35.8. The predicted octanol–water partition coefficient (Wildman–Crippen LogP) is 2.71. The van der Waals surface area contributed by atoms with E-state index >= 15 is 0 Å². The van der Waals surface area contributed by atoms with Gasteiger partial charge in [-0.05, 0) is 37.8 Å². The number of halogens is 2. The maximum absolute atomic E-state index is 12.9. The molecule has 12 heteroatoms. The molecule has 1 aromatic carbocycles. The molecule has 3 amide bonds. The van der Waals surface area contributed by atoms with Gasteiger partial charge < -0.3 is 10.1 Å². The average molecular weight is 506 g/mol. The van der Waals surface area contributed by atoms with E-state index < -0.39 is 40.5 Å². The number of rotatable bonds is 6. The third-order valence-electron chi connectivity index (χ3n) is 5.59. The summed E-state index contributed by atoms with van der Waals surface area (Å²) >= 11 is 12.1. The van der Waals surface area contributed by atoms with Crippen LogP contribution in [0.2, 0.25) is 10.0 Å². The zero-order valence-corrected chi connectivity index (χ0v) is 19.6. The Bertz CT molecular complexity index is 953. The van der Waals surface area contributed by atoms with Gasteiger partial charge in [-0.15, -0.1) is 0 Å². The molecule has 176 valence electrons. The van der Waals surface area contributed by atoms with Crippen LogP contribution in [0.1, 0.15) is 38.5 Å². The van der Waals surface area contributed by atoms with E-state index in [4.69, 9.17) is 27.9 Å². The highest BCUT2D eigenvalue weighted by molar-refractivity contribution is 7.89. The van der Waals surface area contributed by atoms with E-state index in [9.17, 15) is 22.8 Å². The predicted molar refractivity (Wildman–Crippen MR) is 118 cm³/mol. The lowest BCUT2D eigenvalue weighted by Gasteiger charge is -2.30. The van der Waals surface area contributed by atoms with Crippen molar-refractivity contribution in [2.75, 3.05) is 19.7 Å². The third-order valence-corrected chi connectivity index (χ3v) is 8.45. The van der Waals surface area contributed by atoms with Crippen molar-refractivity contribution in [3.05, 3.63) is 28.2 Å². The second-order valence-electron chi connectivity index (χ2n) is 7.84. The Morgan fingerprint density at radius 2 is 1.62 bits per heavy atom. The second kappa shape index (κ2) is 10.8. The number of nitrogens with zero attached hydrogens (tertiary/aromatic N) is 1. The molecule has 32 heavy (non-hydrogen) atoms. The van der Waals surface area contributed by atoms with Gasteiger partial charge in [-0.2, -0.15) is 4.31 Å². The van der Waals surface area contributed by atoms with E-state index in [1.54, 1.807) is 6.07 Å². The third kappa shape index (κ3) is 6.12. The fourth-order valence-corrected chi connectivity index (χ4v) is 6.46. The Kier molecular flexibility index (Phi) is 8.37. The Morgan fingerprint density at radius 3 is 2.22 bits per heavy atom. The number of imide groups is 1. The number of carbonyl (C=O) groups excluding carboxylic acids is 3. The molecular formula is C20H25Cl2N3O6S. The number of hydrogen-bond acceptors (Lipinski definition) is 6. The van der Waals surface area contributed by atoms with Gasteiger partial charge in [-0.3, -0.25) is 14.9 Å². The molecule has 0 radical (unpaired) electrons. The Balaban J connectivity index is 1.45. The first-order chi connectivity index (χ1) is 15.2. The van der Waals surface area contributed by atoms with Crippen molar-refractivity contribution in [1.29, 1.82) is 0 Å². The highest BCUT2D eigenvalue weighted by Crippen LogP contribution is 2.33. The zero-order chi connectivity index (χ0) is 23.3. The molecule has 1 aliphatic heterocycles. The smallest absolute Gasteiger partial charge is 0.321 e. The highest BCUT2D eigenvalue weighted by Gasteiger charge is 2.35. The van der Waals surface area contributed by atoms with Crippen molar-refractivity contribution in [2.45, 2.75) is 49.5 Å². The van der Waals surface area contributed by atoms with E-state index in [-0.39, 0.29) is 46.9 Å². The molecule has 1 heterocycles. The summed E-state index contributed by atoms with van der Waals surface area (Å²) in [6.45, 7) is -0.413. The summed E-state index contributed by atoms with van der Waals surface area (Å²) in [7, 11) is -3.91. The van der Waals surface area contributed by atoms with Crippen LogP contribution in [0, 0.1) is 5.92 Å². The van der Waals surface area contributed by atoms with Gasteiger partial charge in [-0.1, -0.05) is 42.1 Å². The van der Waals surface area contributed by atoms with Gasteiger partial charge in [0, 0.05) is 19.1 Å². The van der Waals surface area contributed by atoms with Crippen LogP contribution in [-0.2, 0) is 24.3 Å². The van der Waals surface area contributed by atoms with Gasteiger partial charge >= 0.3 is 12.0 Å². The average Bonchev–Trinajstić information content (AvgIpc) is 3.24. The van der Waals surface area contributed by atoms with E-state index in [1.807, 2.05) is 0 Å². The first kappa shape index (κ1) is 24.8. The van der Waals surface area contributed by atoms with Crippen LogP contribution in [0.25, 0.3) is 0 Å². The molecule has 1 aromatic rings. The molecule has 3 rings (SSSR count). The summed E-state index contributed by atoms with van der Waals surface area (Å²) in [5.74, 6) is -1.88. The van der Waals surface area contributed by atoms with E-state index in [0.29, 0.717) is 0 Å². The zero-order valence-electron chi connectivity index (χ0n) is 17.3. The van der Waals surface area contributed by atoms with Crippen molar-refractivity contribution in [1.82, 2.24) is 14.9 Å². The highest BCUT2D eigenvalue weighted by atomic mass is 35.5. The van der Waals surface area contributed by atoms with Crippen molar-refractivity contribution < 1.29 is 27.5 Å². The van der Waals surface area contributed by atoms with Crippen LogP contribution < -0.4 is 10.6 Å². The topological polar surface area (TPSA) is 122 Å². The molecule has 0 aromatic heterocycles. The molecule has 1 aliphatic carbocycles. The molecule has 0 atom stereocenters. The standard InChI is InChI=1S/C20H25Cl2N3O6S/c21-15-6-3-7-16(22)18(15)32(29,30)25-10-8-13(9-11-25)19(27)31-12-17(26)24-20(28)23-14-4-1-2-5-14/h3,6-7,13-14H,1-2,4-5,8-12H2,(H2,23,24,26,28). The van der Waals surface area contributed by atoms with E-state index in [1.165, 1.54) is 16.4 Å². The Hall–Kier alpha value is -1.88. The normalized spacial score (nSPS) is 18.3. The van der Waals surface area contributed by atoms with E-state index in [2.05, 4.69) is 10.6 Å². The number of piperidine rings is 1. The summed E-state index contributed by atoms with van der Waals surface area (Å²) in [5, 5.41) is 4.91. The molecule has 0 spiro atoms. The van der Waals surface area contributed by atoms with Gasteiger partial charge in [0.1, 0.15) is 4.90 Å². The molecule has 1 saturated heterocycles. The fourth-order valence-electron chi connectivity index (χ4n) is 3.90. The number of nitrogens with one attached hydrogen (secondary N) is 2. The number of ether oxygens (including phenoxy) is 1. The van der Waals surface area contributed by atoms with Gasteiger partial charge in [0.15, 0.2) is 6.61 Å². The minimum absolute atomic E-state index is 0.0296. The Labute approximate surface area is 196 Å². The van der Waals surface area contributed by atoms with Crippen molar-refractivity contribution in [2.24, 2.45) is 5.92 Å². The summed E-state index contributed by atoms with van der Waals surface area (Å²) in [6.07, 6.45) is 4.30. The van der Waals surface area contributed by atoms with Crippen LogP contribution in [0.3, 0.4) is 0 Å². The fraction of sp³-hybridized carbons (Fsp3) is 0.550. The first-order valence-electron chi connectivity index (χ1n) is 10.4. The molecule has 2 aliphatic rings. The minimum atomic E-state index is -3.91. The van der Waals surface area contributed by atoms with Crippen LogP contribution in [0.4, 0.5) is 4.79 Å². The first-order valence-corrected chi connectivity index (χ1v) is 12.6. The Morgan fingerprint density at radius 1 is 1.03 bits per heavy atom. The maximum atomic E-state index is 12.9. The van der Waals surface area contributed by atoms with Crippen LogP contribution in [0.5, 0.6) is 0 Å². The summed E-state index contributed by atoms with van der Waals surface area (Å²) in [6, 6.07) is 3.91. The number of amides is 3. The quantitative estimate of drug-likeness (QED) is 0.573. The molecule has 1 saturated carbocycles. The molecular weight excluding hydrogens is 481 g/mol. The lowest BCUT2D eigenvalue weighted by Crippen LogP contribution is -2.45. The number of urea groups is 1. The number of esters is 1. The molecule has 0 unspecified atom stereocenters. The molecule has 2 N–H and O–H groups in total. The maximum Gasteiger partial charge on any atom is 0.321 e. The van der Waals surface area contributed by atoms with Crippen LogP contribution in [0.15, 0.2) is 23.1 Å². The summed E-state index contributed by atoms with van der Waals surface area (Å²) in [5.41, 5.74) is 0. The molecule has 0 bridgehead atoms. The number of sulfonamides is 1. The number of benzene rings is 1. The van der Waals surface area contributed by atoms with Gasteiger partial charge in [-0.25, -0.2) is 13.2 Å². The van der Waals surface area contributed by atoms with Gasteiger partial charge in [0.25, 0.3) is 5.91 Å². The number of carbonyl (C=O) groups is 3. The lowest BCUT2D eigenvalue weighted by molar-refractivity contribution is -0.153. The monoisotopic (exact) mass is 505 g/mol. The number of hydrogen-bond donors (Lipinski definition) is 2. The summed E-state index contributed by atoms with van der Waals surface area (Å²) < 4.78 is 32.0. The minimum Gasteiger partial charge on any atom is -0.455 e. The van der Waals surface area contributed by atoms with Gasteiger partial charge in [0.2, 0.25) is 10.0 Å². The van der Waals surface area contributed by atoms with Crippen molar-refractivity contribution >= 4 is 51.1 Å². The van der Waals surface area contributed by atoms with E-state index in [0.717, 1.165) is 25.7 Å². The molecule has 9 nitrogen and oxygen atoms in total. The van der Waals surface area contributed by atoms with Gasteiger partial charge in [0.05, 0.1) is 16.0 Å². The van der Waals surface area contributed by atoms with Crippen LogP contribution in [-0.4, -0.2) is 56.4 Å². The molecule has 2 fully saturated rings. The SMILES string of the molecule is O=C(COC(=O)C1CCN(S(=O)(=O)c2c(Cl)cccc2Cl)CC1)NC(=O)NC1CCCC1. The van der Waals surface area contributed by atoms with Crippen molar-refractivity contribution in [3.63, 3.8) is 0 Å².